The van der Waals surface area contributed by atoms with Crippen molar-refractivity contribution >= 4 is 11.4 Å². The minimum absolute atomic E-state index is 0.0929. The molecule has 7 heteroatoms. The zero-order chi connectivity index (χ0) is 21.9. The Bertz CT molecular complexity index is 1170. The van der Waals surface area contributed by atoms with Gasteiger partial charge in [0.1, 0.15) is 22.7 Å². The van der Waals surface area contributed by atoms with Crippen molar-refractivity contribution in [2.75, 3.05) is 14.2 Å². The molecule has 0 fully saturated rings. The van der Waals surface area contributed by atoms with Gasteiger partial charge in [-0.1, -0.05) is 0 Å². The van der Waals surface area contributed by atoms with Gasteiger partial charge in [-0.25, -0.2) is 4.98 Å². The topological polar surface area (TPSA) is 100 Å². The van der Waals surface area contributed by atoms with E-state index in [-0.39, 0.29) is 18.6 Å². The Balaban J connectivity index is 2.12. The fourth-order valence-electron chi connectivity index (χ4n) is 3.28. The lowest BCUT2D eigenvalue weighted by molar-refractivity contribution is 0.0978. The highest BCUT2D eigenvalue weighted by Crippen LogP contribution is 2.36. The maximum atomic E-state index is 12.6. The summed E-state index contributed by atoms with van der Waals surface area (Å²) < 4.78 is 12.8. The zero-order valence-corrected chi connectivity index (χ0v) is 17.4. The summed E-state index contributed by atoms with van der Waals surface area (Å²) in [7, 11) is 2.98. The molecule has 0 unspecified atom stereocenters. The third-order valence-corrected chi connectivity index (χ3v) is 5.06. The molecule has 0 aliphatic heterocycles. The van der Waals surface area contributed by atoms with Crippen LogP contribution in [0, 0.1) is 22.7 Å². The lowest BCUT2D eigenvalue weighted by Gasteiger charge is -2.16. The van der Waals surface area contributed by atoms with Crippen LogP contribution >= 0.6 is 0 Å². The molecule has 0 N–H and O–H groups in total. The molecular weight excluding hydrogens is 380 g/mol. The average molecular weight is 402 g/mol. The number of nitriles is 2. The highest BCUT2D eigenvalue weighted by molar-refractivity contribution is 6.02. The van der Waals surface area contributed by atoms with Gasteiger partial charge in [0, 0.05) is 24.6 Å². The van der Waals surface area contributed by atoms with E-state index in [1.807, 2.05) is 42.6 Å². The largest absolute Gasteiger partial charge is 0.496 e. The van der Waals surface area contributed by atoms with Gasteiger partial charge in [0.05, 0.1) is 43.7 Å². The number of rotatable bonds is 7. The molecule has 2 aromatic heterocycles. The summed E-state index contributed by atoms with van der Waals surface area (Å²) in [6.07, 6.45) is 3.82. The van der Waals surface area contributed by atoms with Crippen molar-refractivity contribution in [2.45, 2.75) is 32.1 Å². The maximum absolute atomic E-state index is 12.6. The first-order valence-electron chi connectivity index (χ1n) is 9.41. The van der Waals surface area contributed by atoms with Crippen molar-refractivity contribution in [3.63, 3.8) is 0 Å². The van der Waals surface area contributed by atoms with Crippen LogP contribution < -0.4 is 9.47 Å². The average Bonchev–Trinajstić information content (AvgIpc) is 3.19. The molecule has 1 aromatic carbocycles. The van der Waals surface area contributed by atoms with Crippen LogP contribution in [0.15, 0.2) is 36.7 Å². The Morgan fingerprint density at radius 1 is 1.17 bits per heavy atom. The number of ketones is 1. The number of methoxy groups -OCH3 is 2. The Labute approximate surface area is 175 Å². The predicted molar refractivity (Wildman–Crippen MR) is 112 cm³/mol. The van der Waals surface area contributed by atoms with Gasteiger partial charge in [-0.05, 0) is 43.7 Å². The van der Waals surface area contributed by atoms with Crippen molar-refractivity contribution in [1.82, 2.24) is 9.38 Å². The van der Waals surface area contributed by atoms with Gasteiger partial charge < -0.3 is 9.47 Å². The van der Waals surface area contributed by atoms with Gasteiger partial charge in [-0.2, -0.15) is 10.5 Å². The monoisotopic (exact) mass is 402 g/mol. The molecular formula is C23H22N4O3. The Hall–Kier alpha value is -3.84. The molecule has 30 heavy (non-hydrogen) atoms. The fraction of sp³-hybridized carbons (Fsp3) is 0.304. The lowest BCUT2D eigenvalue weighted by Crippen LogP contribution is -2.14. The second kappa shape index (κ2) is 8.26. The molecule has 0 radical (unpaired) electrons. The van der Waals surface area contributed by atoms with E-state index >= 15 is 0 Å². The lowest BCUT2D eigenvalue weighted by atomic mass is 9.87. The summed E-state index contributed by atoms with van der Waals surface area (Å²) in [4.78, 5) is 17.1. The van der Waals surface area contributed by atoms with E-state index in [2.05, 4.69) is 11.1 Å². The molecule has 0 atom stereocenters. The third kappa shape index (κ3) is 3.70. The van der Waals surface area contributed by atoms with Crippen LogP contribution in [0.25, 0.3) is 16.9 Å². The second-order valence-corrected chi connectivity index (χ2v) is 7.36. The zero-order valence-electron chi connectivity index (χ0n) is 17.4. The van der Waals surface area contributed by atoms with E-state index in [0.29, 0.717) is 22.7 Å². The van der Waals surface area contributed by atoms with Crippen LogP contribution in [0.2, 0.25) is 0 Å². The van der Waals surface area contributed by atoms with Crippen molar-refractivity contribution in [3.05, 3.63) is 47.8 Å². The summed E-state index contributed by atoms with van der Waals surface area (Å²) in [5, 5.41) is 18.2. The minimum atomic E-state index is -0.619. The van der Waals surface area contributed by atoms with Gasteiger partial charge in [0.2, 0.25) is 0 Å². The molecule has 0 bridgehead atoms. The number of hydrogen-bond acceptors (Lipinski definition) is 6. The highest BCUT2D eigenvalue weighted by Gasteiger charge is 2.23. The van der Waals surface area contributed by atoms with Gasteiger partial charge in [-0.3, -0.25) is 9.20 Å². The summed E-state index contributed by atoms with van der Waals surface area (Å²) in [5.74, 6) is 0.548. The standard InChI is InChI=1S/C23H22N4O3/c1-23(2,14-25)16-7-9-27-17(13-26-21(27)12-16)15-10-19(29-3)22(20(11-15)30-4)18(28)6-5-8-24/h7,9-13H,5-6H2,1-4H3. The van der Waals surface area contributed by atoms with Crippen LogP contribution in [0.1, 0.15) is 42.6 Å². The molecule has 3 rings (SSSR count). The summed E-state index contributed by atoms with van der Waals surface area (Å²) >= 11 is 0. The molecule has 0 aliphatic rings. The number of Topliss-reactive ketones (excluding diaryl/α,β-unsaturated/α-hetero) is 1. The second-order valence-electron chi connectivity index (χ2n) is 7.36. The number of benzene rings is 1. The summed E-state index contributed by atoms with van der Waals surface area (Å²) in [6.45, 7) is 3.72. The van der Waals surface area contributed by atoms with Gasteiger partial charge >= 0.3 is 0 Å². The third-order valence-electron chi connectivity index (χ3n) is 5.06. The molecule has 152 valence electrons. The van der Waals surface area contributed by atoms with E-state index in [0.717, 1.165) is 16.8 Å². The van der Waals surface area contributed by atoms with Crippen LogP contribution in [-0.2, 0) is 5.41 Å². The SMILES string of the molecule is COc1cc(-c2cnc3cc(C(C)(C)C#N)ccn23)cc(OC)c1C(=O)CCC#N. The number of nitrogens with zero attached hydrogens (tertiary/aromatic N) is 4. The summed E-state index contributed by atoms with van der Waals surface area (Å²) in [6, 6.07) is 11.6. The van der Waals surface area contributed by atoms with Crippen molar-refractivity contribution in [3.8, 4) is 34.9 Å². The number of carbonyl (C=O) groups excluding carboxylic acids is 1. The van der Waals surface area contributed by atoms with E-state index in [1.165, 1.54) is 14.2 Å². The first-order chi connectivity index (χ1) is 14.4. The Morgan fingerprint density at radius 3 is 2.40 bits per heavy atom. The van der Waals surface area contributed by atoms with Gasteiger partial charge in [0.25, 0.3) is 0 Å². The molecule has 0 aliphatic carbocycles. The molecule has 0 saturated carbocycles. The number of pyridine rings is 1. The van der Waals surface area contributed by atoms with Crippen LogP contribution in [0.5, 0.6) is 11.5 Å². The van der Waals surface area contributed by atoms with E-state index in [4.69, 9.17) is 14.7 Å². The summed E-state index contributed by atoms with van der Waals surface area (Å²) in [5.41, 5.74) is 2.84. The first-order valence-corrected chi connectivity index (χ1v) is 9.41. The number of hydrogen-bond donors (Lipinski definition) is 0. The van der Waals surface area contributed by atoms with E-state index < -0.39 is 5.41 Å². The Morgan fingerprint density at radius 2 is 1.83 bits per heavy atom. The quantitative estimate of drug-likeness (QED) is 0.546. The molecule has 2 heterocycles. The van der Waals surface area contributed by atoms with Gasteiger partial charge in [0.15, 0.2) is 5.78 Å². The Kier molecular flexibility index (Phi) is 5.75. The number of carbonyl (C=O) groups is 1. The first kappa shape index (κ1) is 20.9. The molecule has 0 amide bonds. The van der Waals surface area contributed by atoms with Crippen LogP contribution in [-0.4, -0.2) is 29.4 Å². The van der Waals surface area contributed by atoms with E-state index in [1.54, 1.807) is 18.3 Å². The van der Waals surface area contributed by atoms with Crippen LogP contribution in [0.3, 0.4) is 0 Å². The van der Waals surface area contributed by atoms with Crippen molar-refractivity contribution < 1.29 is 14.3 Å². The van der Waals surface area contributed by atoms with Crippen molar-refractivity contribution in [2.24, 2.45) is 0 Å². The van der Waals surface area contributed by atoms with Gasteiger partial charge in [-0.15, -0.1) is 0 Å². The number of fused-ring (bicyclic) bond motifs is 1. The molecule has 3 aromatic rings. The molecule has 0 spiro atoms. The highest BCUT2D eigenvalue weighted by atomic mass is 16.5. The minimum Gasteiger partial charge on any atom is -0.496 e. The molecule has 7 nitrogen and oxygen atoms in total. The molecule has 0 saturated heterocycles. The van der Waals surface area contributed by atoms with E-state index in [9.17, 15) is 10.1 Å². The normalized spacial score (nSPS) is 11.0. The maximum Gasteiger partial charge on any atom is 0.171 e. The fourth-order valence-corrected chi connectivity index (χ4v) is 3.28. The van der Waals surface area contributed by atoms with Crippen LogP contribution in [0.4, 0.5) is 0 Å². The predicted octanol–water partition coefficient (Wildman–Crippen LogP) is 4.31. The number of aromatic nitrogens is 2. The smallest absolute Gasteiger partial charge is 0.171 e. The number of imidazole rings is 1. The number of ether oxygens (including phenoxy) is 2. The van der Waals surface area contributed by atoms with Crippen molar-refractivity contribution in [1.29, 1.82) is 10.5 Å².